The Labute approximate surface area is 101 Å². The van der Waals surface area contributed by atoms with E-state index in [9.17, 15) is 9.90 Å². The number of nitrogens with zero attached hydrogens (tertiary/aromatic N) is 1. The molecule has 1 aromatic carbocycles. The minimum absolute atomic E-state index is 0.0392. The number of phenols is 1. The molecule has 1 atom stereocenters. The van der Waals surface area contributed by atoms with Crippen molar-refractivity contribution in [3.8, 4) is 5.75 Å². The molecule has 1 aromatic rings. The van der Waals surface area contributed by atoms with E-state index in [-0.39, 0.29) is 17.8 Å². The van der Waals surface area contributed by atoms with Gasteiger partial charge in [0.05, 0.1) is 12.7 Å². The van der Waals surface area contributed by atoms with Gasteiger partial charge in [0, 0.05) is 18.7 Å². The summed E-state index contributed by atoms with van der Waals surface area (Å²) in [6.07, 6.45) is 1.04. The Balaban J connectivity index is 2.09. The first-order valence-corrected chi connectivity index (χ1v) is 5.90. The van der Waals surface area contributed by atoms with Gasteiger partial charge in [-0.1, -0.05) is 13.0 Å². The van der Waals surface area contributed by atoms with Crippen molar-refractivity contribution >= 4 is 5.91 Å². The third kappa shape index (κ3) is 2.77. The highest BCUT2D eigenvalue weighted by Gasteiger charge is 2.23. The van der Waals surface area contributed by atoms with Crippen LogP contribution in [0.2, 0.25) is 0 Å². The lowest BCUT2D eigenvalue weighted by molar-refractivity contribution is -0.0226. The van der Waals surface area contributed by atoms with Crippen molar-refractivity contribution in [2.24, 2.45) is 0 Å². The first kappa shape index (κ1) is 11.9. The van der Waals surface area contributed by atoms with Crippen LogP contribution in [0.4, 0.5) is 0 Å². The summed E-state index contributed by atoms with van der Waals surface area (Å²) in [4.78, 5) is 14.0. The molecule has 1 unspecified atom stereocenters. The number of carbonyl (C=O) groups excluding carboxylic acids is 1. The summed E-state index contributed by atoms with van der Waals surface area (Å²) in [5, 5.41) is 9.36. The second-order valence-corrected chi connectivity index (χ2v) is 4.20. The number of ether oxygens (including phenoxy) is 1. The summed E-state index contributed by atoms with van der Waals surface area (Å²) in [6.45, 7) is 3.88. The van der Waals surface area contributed by atoms with E-state index in [4.69, 9.17) is 4.74 Å². The Bertz CT molecular complexity index is 405. The summed E-state index contributed by atoms with van der Waals surface area (Å²) < 4.78 is 5.52. The molecule has 1 saturated heterocycles. The number of carbonyl (C=O) groups is 1. The van der Waals surface area contributed by atoms with Crippen molar-refractivity contribution < 1.29 is 14.6 Å². The summed E-state index contributed by atoms with van der Waals surface area (Å²) >= 11 is 0. The lowest BCUT2D eigenvalue weighted by Crippen LogP contribution is -2.45. The van der Waals surface area contributed by atoms with Gasteiger partial charge in [0.15, 0.2) is 0 Å². The Morgan fingerprint density at radius 3 is 3.12 bits per heavy atom. The highest BCUT2D eigenvalue weighted by atomic mass is 16.5. The average molecular weight is 235 g/mol. The number of morpholine rings is 1. The molecule has 0 bridgehead atoms. The van der Waals surface area contributed by atoms with Crippen LogP contribution >= 0.6 is 0 Å². The van der Waals surface area contributed by atoms with Gasteiger partial charge in [-0.05, 0) is 24.6 Å². The van der Waals surface area contributed by atoms with Gasteiger partial charge in [0.2, 0.25) is 0 Å². The predicted octanol–water partition coefficient (Wildman–Crippen LogP) is 1.64. The molecule has 4 nitrogen and oxygen atoms in total. The molecule has 0 aromatic heterocycles. The van der Waals surface area contributed by atoms with Gasteiger partial charge < -0.3 is 14.7 Å². The van der Waals surface area contributed by atoms with E-state index in [0.717, 1.165) is 6.42 Å². The molecular formula is C13H17NO3. The molecule has 0 saturated carbocycles. The Kier molecular flexibility index (Phi) is 3.64. The lowest BCUT2D eigenvalue weighted by Gasteiger charge is -2.32. The standard InChI is InChI=1S/C13H17NO3/c1-2-12-9-14(6-7-17-12)13(16)10-4-3-5-11(15)8-10/h3-5,8,12,15H,2,6-7,9H2,1H3. The summed E-state index contributed by atoms with van der Waals surface area (Å²) in [6, 6.07) is 6.46. The molecule has 4 heteroatoms. The molecule has 1 N–H and O–H groups in total. The number of rotatable bonds is 2. The summed E-state index contributed by atoms with van der Waals surface area (Å²) in [7, 11) is 0. The number of phenolic OH excluding ortho intramolecular Hbond substituents is 1. The van der Waals surface area contributed by atoms with Crippen LogP contribution in [0.25, 0.3) is 0 Å². The van der Waals surface area contributed by atoms with Crippen molar-refractivity contribution in [2.45, 2.75) is 19.4 Å². The third-order valence-electron chi connectivity index (χ3n) is 2.97. The predicted molar refractivity (Wildman–Crippen MR) is 64.0 cm³/mol. The van der Waals surface area contributed by atoms with Crippen LogP contribution < -0.4 is 0 Å². The maximum Gasteiger partial charge on any atom is 0.254 e. The monoisotopic (exact) mass is 235 g/mol. The fourth-order valence-electron chi connectivity index (χ4n) is 1.97. The molecule has 0 aliphatic carbocycles. The zero-order chi connectivity index (χ0) is 12.3. The SMILES string of the molecule is CCC1CN(C(=O)c2cccc(O)c2)CCO1. The largest absolute Gasteiger partial charge is 0.508 e. The van der Waals surface area contributed by atoms with Crippen LogP contribution in [0.1, 0.15) is 23.7 Å². The van der Waals surface area contributed by atoms with E-state index in [1.165, 1.54) is 6.07 Å². The van der Waals surface area contributed by atoms with Crippen molar-refractivity contribution in [3.05, 3.63) is 29.8 Å². The Hall–Kier alpha value is -1.55. The van der Waals surface area contributed by atoms with Crippen LogP contribution in [0.5, 0.6) is 5.75 Å². The van der Waals surface area contributed by atoms with E-state index in [1.54, 1.807) is 23.1 Å². The summed E-state index contributed by atoms with van der Waals surface area (Å²) in [5.41, 5.74) is 0.529. The highest BCUT2D eigenvalue weighted by Crippen LogP contribution is 2.16. The smallest absolute Gasteiger partial charge is 0.254 e. The van der Waals surface area contributed by atoms with E-state index < -0.39 is 0 Å². The molecule has 1 heterocycles. The normalized spacial score (nSPS) is 20.3. The maximum absolute atomic E-state index is 12.2. The first-order chi connectivity index (χ1) is 8.20. The van der Waals surface area contributed by atoms with Crippen LogP contribution in [0, 0.1) is 0 Å². The molecule has 1 fully saturated rings. The second kappa shape index (κ2) is 5.19. The summed E-state index contributed by atoms with van der Waals surface area (Å²) in [5.74, 6) is 0.0822. The van der Waals surface area contributed by atoms with Gasteiger partial charge in [-0.3, -0.25) is 4.79 Å². The lowest BCUT2D eigenvalue weighted by atomic mass is 10.1. The van der Waals surface area contributed by atoms with Gasteiger partial charge in [-0.2, -0.15) is 0 Å². The van der Waals surface area contributed by atoms with Gasteiger partial charge in [-0.25, -0.2) is 0 Å². The van der Waals surface area contributed by atoms with Gasteiger partial charge in [0.25, 0.3) is 5.91 Å². The second-order valence-electron chi connectivity index (χ2n) is 4.20. The third-order valence-corrected chi connectivity index (χ3v) is 2.97. The van der Waals surface area contributed by atoms with Gasteiger partial charge in [-0.15, -0.1) is 0 Å². The van der Waals surface area contributed by atoms with Crippen molar-refractivity contribution in [3.63, 3.8) is 0 Å². The van der Waals surface area contributed by atoms with E-state index >= 15 is 0 Å². The van der Waals surface area contributed by atoms with Crippen LogP contribution in [-0.2, 0) is 4.74 Å². The van der Waals surface area contributed by atoms with Crippen LogP contribution in [0.3, 0.4) is 0 Å². The fourth-order valence-corrected chi connectivity index (χ4v) is 1.97. The highest BCUT2D eigenvalue weighted by molar-refractivity contribution is 5.94. The van der Waals surface area contributed by atoms with Crippen LogP contribution in [-0.4, -0.2) is 41.7 Å². The molecule has 17 heavy (non-hydrogen) atoms. The number of hydrogen-bond donors (Lipinski definition) is 1. The van der Waals surface area contributed by atoms with Gasteiger partial charge in [0.1, 0.15) is 5.75 Å². The van der Waals surface area contributed by atoms with E-state index in [1.807, 2.05) is 6.92 Å². The van der Waals surface area contributed by atoms with Crippen molar-refractivity contribution in [1.82, 2.24) is 4.90 Å². The quantitative estimate of drug-likeness (QED) is 0.847. The van der Waals surface area contributed by atoms with E-state index in [0.29, 0.717) is 25.3 Å². The maximum atomic E-state index is 12.2. The number of amides is 1. The zero-order valence-electron chi connectivity index (χ0n) is 9.93. The zero-order valence-corrected chi connectivity index (χ0v) is 9.93. The molecule has 1 aliphatic heterocycles. The fraction of sp³-hybridized carbons (Fsp3) is 0.462. The molecule has 92 valence electrons. The minimum atomic E-state index is -0.0392. The molecule has 2 rings (SSSR count). The molecule has 0 spiro atoms. The topological polar surface area (TPSA) is 49.8 Å². The minimum Gasteiger partial charge on any atom is -0.508 e. The van der Waals surface area contributed by atoms with Gasteiger partial charge >= 0.3 is 0 Å². The molecular weight excluding hydrogens is 218 g/mol. The Morgan fingerprint density at radius 1 is 1.59 bits per heavy atom. The molecule has 1 aliphatic rings. The molecule has 1 amide bonds. The van der Waals surface area contributed by atoms with Crippen LogP contribution in [0.15, 0.2) is 24.3 Å². The number of hydrogen-bond acceptors (Lipinski definition) is 3. The Morgan fingerprint density at radius 2 is 2.41 bits per heavy atom. The average Bonchev–Trinajstić information content (AvgIpc) is 2.38. The molecule has 0 radical (unpaired) electrons. The number of aromatic hydroxyl groups is 1. The number of benzene rings is 1. The van der Waals surface area contributed by atoms with E-state index in [2.05, 4.69) is 0 Å². The van der Waals surface area contributed by atoms with Crippen molar-refractivity contribution in [2.75, 3.05) is 19.7 Å². The van der Waals surface area contributed by atoms with Crippen molar-refractivity contribution in [1.29, 1.82) is 0 Å². The first-order valence-electron chi connectivity index (χ1n) is 5.90.